The first-order valence-corrected chi connectivity index (χ1v) is 8.25. The minimum atomic E-state index is 0.297. The maximum absolute atomic E-state index is 5.75. The lowest BCUT2D eigenvalue weighted by molar-refractivity contribution is 0.0104. The van der Waals surface area contributed by atoms with Crippen LogP contribution in [0.4, 0.5) is 0 Å². The van der Waals surface area contributed by atoms with Gasteiger partial charge in [-0.25, -0.2) is 0 Å². The molecule has 3 heteroatoms. The van der Waals surface area contributed by atoms with E-state index in [9.17, 15) is 0 Å². The van der Waals surface area contributed by atoms with Gasteiger partial charge in [0, 0.05) is 38.3 Å². The van der Waals surface area contributed by atoms with Gasteiger partial charge in [-0.2, -0.15) is 0 Å². The Morgan fingerprint density at radius 3 is 2.57 bits per heavy atom. The maximum atomic E-state index is 5.75. The fourth-order valence-electron chi connectivity index (χ4n) is 3.27. The fraction of sp³-hybridized carbons (Fsp3) is 0.667. The fourth-order valence-corrected chi connectivity index (χ4v) is 3.27. The van der Waals surface area contributed by atoms with Crippen molar-refractivity contribution in [2.75, 3.05) is 26.2 Å². The zero-order valence-corrected chi connectivity index (χ0v) is 13.9. The van der Waals surface area contributed by atoms with Gasteiger partial charge in [0.05, 0.1) is 6.10 Å². The summed E-state index contributed by atoms with van der Waals surface area (Å²) in [5, 5.41) is 3.72. The Bertz CT molecular complexity index is 407. The van der Waals surface area contributed by atoms with Crippen molar-refractivity contribution in [1.29, 1.82) is 0 Å². The molecule has 3 atom stereocenters. The van der Waals surface area contributed by atoms with Crippen LogP contribution >= 0.6 is 0 Å². The quantitative estimate of drug-likeness (QED) is 0.871. The van der Waals surface area contributed by atoms with Crippen molar-refractivity contribution in [3.63, 3.8) is 0 Å². The normalized spacial score (nSPS) is 25.2. The SMILES string of the molecule is CCOC(C)CN1CC(c2ccccc2)NCC1C(C)C. The minimum absolute atomic E-state index is 0.297. The number of benzene rings is 1. The van der Waals surface area contributed by atoms with Gasteiger partial charge in [0.15, 0.2) is 0 Å². The second kappa shape index (κ2) is 7.92. The van der Waals surface area contributed by atoms with Crippen molar-refractivity contribution < 1.29 is 4.74 Å². The highest BCUT2D eigenvalue weighted by molar-refractivity contribution is 5.20. The van der Waals surface area contributed by atoms with Crippen molar-refractivity contribution in [3.05, 3.63) is 35.9 Å². The van der Waals surface area contributed by atoms with Gasteiger partial charge in [0.2, 0.25) is 0 Å². The van der Waals surface area contributed by atoms with Gasteiger partial charge >= 0.3 is 0 Å². The molecular formula is C18H30N2O. The number of hydrogen-bond donors (Lipinski definition) is 1. The van der Waals surface area contributed by atoms with Crippen molar-refractivity contribution in [2.24, 2.45) is 5.92 Å². The van der Waals surface area contributed by atoms with Crippen molar-refractivity contribution in [3.8, 4) is 0 Å². The molecule has 1 heterocycles. The van der Waals surface area contributed by atoms with Crippen LogP contribution in [-0.2, 0) is 4.74 Å². The van der Waals surface area contributed by atoms with Gasteiger partial charge in [-0.3, -0.25) is 4.90 Å². The number of rotatable bonds is 6. The molecular weight excluding hydrogens is 260 g/mol. The molecule has 0 saturated carbocycles. The standard InChI is InChI=1S/C18H30N2O/c1-5-21-15(4)12-20-13-17(16-9-7-6-8-10-16)19-11-18(20)14(2)3/h6-10,14-15,17-19H,5,11-13H2,1-4H3. The lowest BCUT2D eigenvalue weighted by Gasteiger charge is -2.43. The number of piperazine rings is 1. The summed E-state index contributed by atoms with van der Waals surface area (Å²) >= 11 is 0. The van der Waals surface area contributed by atoms with E-state index < -0.39 is 0 Å². The largest absolute Gasteiger partial charge is 0.377 e. The van der Waals surface area contributed by atoms with Crippen LogP contribution < -0.4 is 5.32 Å². The monoisotopic (exact) mass is 290 g/mol. The predicted molar refractivity (Wildman–Crippen MR) is 88.5 cm³/mol. The third-order valence-corrected chi connectivity index (χ3v) is 4.37. The van der Waals surface area contributed by atoms with E-state index in [0.717, 1.165) is 26.2 Å². The molecule has 0 radical (unpaired) electrons. The molecule has 1 aliphatic heterocycles. The molecule has 1 N–H and O–H groups in total. The Morgan fingerprint density at radius 2 is 1.95 bits per heavy atom. The predicted octanol–water partition coefficient (Wildman–Crippen LogP) is 3.08. The van der Waals surface area contributed by atoms with Gasteiger partial charge < -0.3 is 10.1 Å². The second-order valence-electron chi connectivity index (χ2n) is 6.40. The van der Waals surface area contributed by atoms with E-state index in [2.05, 4.69) is 68.2 Å². The molecule has 0 amide bonds. The van der Waals surface area contributed by atoms with Gasteiger partial charge in [0.1, 0.15) is 0 Å². The summed E-state index contributed by atoms with van der Waals surface area (Å²) in [5.41, 5.74) is 1.38. The van der Waals surface area contributed by atoms with E-state index in [1.807, 2.05) is 0 Å². The molecule has 3 unspecified atom stereocenters. The number of ether oxygens (including phenoxy) is 1. The van der Waals surface area contributed by atoms with E-state index in [1.54, 1.807) is 0 Å². The van der Waals surface area contributed by atoms with Crippen LogP contribution in [0, 0.1) is 5.92 Å². The number of hydrogen-bond acceptors (Lipinski definition) is 3. The average molecular weight is 290 g/mol. The van der Waals surface area contributed by atoms with Crippen LogP contribution in [0.15, 0.2) is 30.3 Å². The van der Waals surface area contributed by atoms with E-state index in [1.165, 1.54) is 5.56 Å². The Kier molecular flexibility index (Phi) is 6.22. The smallest absolute Gasteiger partial charge is 0.0673 e. The van der Waals surface area contributed by atoms with Crippen LogP contribution in [0.2, 0.25) is 0 Å². The van der Waals surface area contributed by atoms with Crippen LogP contribution in [0.3, 0.4) is 0 Å². The number of nitrogens with zero attached hydrogens (tertiary/aromatic N) is 1. The first-order chi connectivity index (χ1) is 10.1. The van der Waals surface area contributed by atoms with Crippen molar-refractivity contribution in [1.82, 2.24) is 10.2 Å². The second-order valence-corrected chi connectivity index (χ2v) is 6.40. The first-order valence-electron chi connectivity index (χ1n) is 8.25. The lowest BCUT2D eigenvalue weighted by Crippen LogP contribution is -2.56. The number of nitrogens with one attached hydrogen (secondary N) is 1. The average Bonchev–Trinajstić information content (AvgIpc) is 2.48. The molecule has 3 nitrogen and oxygen atoms in total. The zero-order valence-electron chi connectivity index (χ0n) is 13.9. The van der Waals surface area contributed by atoms with E-state index in [-0.39, 0.29) is 0 Å². The highest BCUT2D eigenvalue weighted by Gasteiger charge is 2.31. The van der Waals surface area contributed by atoms with Crippen molar-refractivity contribution >= 4 is 0 Å². The Balaban J connectivity index is 2.04. The van der Waals surface area contributed by atoms with Crippen LogP contribution in [0.1, 0.15) is 39.3 Å². The molecule has 1 aliphatic rings. The molecule has 0 bridgehead atoms. The van der Waals surface area contributed by atoms with E-state index >= 15 is 0 Å². The van der Waals surface area contributed by atoms with Crippen molar-refractivity contribution in [2.45, 2.75) is 45.9 Å². The Morgan fingerprint density at radius 1 is 1.24 bits per heavy atom. The summed E-state index contributed by atoms with van der Waals surface area (Å²) in [6.07, 6.45) is 0.297. The third-order valence-electron chi connectivity index (χ3n) is 4.37. The highest BCUT2D eigenvalue weighted by atomic mass is 16.5. The summed E-state index contributed by atoms with van der Waals surface area (Å²) in [6.45, 7) is 12.8. The molecule has 118 valence electrons. The minimum Gasteiger partial charge on any atom is -0.377 e. The Hall–Kier alpha value is -0.900. The lowest BCUT2D eigenvalue weighted by atomic mass is 9.95. The van der Waals surface area contributed by atoms with E-state index in [0.29, 0.717) is 24.1 Å². The maximum Gasteiger partial charge on any atom is 0.0673 e. The molecule has 21 heavy (non-hydrogen) atoms. The molecule has 2 rings (SSSR count). The van der Waals surface area contributed by atoms with Gasteiger partial charge in [-0.15, -0.1) is 0 Å². The molecule has 1 saturated heterocycles. The molecule has 1 aromatic carbocycles. The van der Waals surface area contributed by atoms with E-state index in [4.69, 9.17) is 4.74 Å². The molecule has 0 aromatic heterocycles. The summed E-state index contributed by atoms with van der Waals surface area (Å²) in [5.74, 6) is 0.656. The molecule has 1 aromatic rings. The van der Waals surface area contributed by atoms with Gasteiger partial charge in [-0.05, 0) is 25.3 Å². The third kappa shape index (κ3) is 4.53. The first kappa shape index (κ1) is 16.5. The molecule has 0 aliphatic carbocycles. The van der Waals surface area contributed by atoms with Crippen LogP contribution in [-0.4, -0.2) is 43.3 Å². The van der Waals surface area contributed by atoms with Gasteiger partial charge in [0.25, 0.3) is 0 Å². The summed E-state index contributed by atoms with van der Waals surface area (Å²) < 4.78 is 5.75. The topological polar surface area (TPSA) is 24.5 Å². The zero-order chi connectivity index (χ0) is 15.2. The summed E-state index contributed by atoms with van der Waals surface area (Å²) in [4.78, 5) is 2.61. The van der Waals surface area contributed by atoms with Gasteiger partial charge in [-0.1, -0.05) is 44.2 Å². The van der Waals surface area contributed by atoms with Crippen LogP contribution in [0.5, 0.6) is 0 Å². The Labute approximate surface area is 129 Å². The summed E-state index contributed by atoms with van der Waals surface area (Å²) in [6, 6.07) is 11.8. The highest BCUT2D eigenvalue weighted by Crippen LogP contribution is 2.23. The summed E-state index contributed by atoms with van der Waals surface area (Å²) in [7, 11) is 0. The molecule has 1 fully saturated rings. The van der Waals surface area contributed by atoms with Crippen LogP contribution in [0.25, 0.3) is 0 Å². The molecule has 0 spiro atoms.